The first kappa shape index (κ1) is 17.0. The van der Waals surface area contributed by atoms with Crippen molar-refractivity contribution in [3.05, 3.63) is 11.1 Å². The van der Waals surface area contributed by atoms with E-state index in [4.69, 9.17) is 0 Å². The zero-order valence-corrected chi connectivity index (χ0v) is 14.5. The van der Waals surface area contributed by atoms with E-state index in [1.807, 2.05) is 0 Å². The van der Waals surface area contributed by atoms with Crippen molar-refractivity contribution in [2.45, 2.75) is 90.1 Å². The Morgan fingerprint density at radius 1 is 0.952 bits per heavy atom. The van der Waals surface area contributed by atoms with Gasteiger partial charge in [0, 0.05) is 12.1 Å². The van der Waals surface area contributed by atoms with E-state index in [0.717, 1.165) is 18.0 Å². The molecule has 122 valence electrons. The summed E-state index contributed by atoms with van der Waals surface area (Å²) in [5.74, 6) is 1.00. The average Bonchev–Trinajstić information content (AvgIpc) is 2.52. The van der Waals surface area contributed by atoms with Crippen molar-refractivity contribution in [2.24, 2.45) is 5.92 Å². The van der Waals surface area contributed by atoms with Crippen molar-refractivity contribution in [3.8, 4) is 0 Å². The minimum Gasteiger partial charge on any atom is -0.317 e. The molecule has 2 aliphatic rings. The summed E-state index contributed by atoms with van der Waals surface area (Å²) >= 11 is 0. The quantitative estimate of drug-likeness (QED) is 0.559. The molecule has 2 saturated carbocycles. The summed E-state index contributed by atoms with van der Waals surface area (Å²) in [6.07, 6.45) is 13.9. The predicted octanol–water partition coefficient (Wildman–Crippen LogP) is 4.41. The van der Waals surface area contributed by atoms with Gasteiger partial charge in [0.1, 0.15) is 0 Å². The van der Waals surface area contributed by atoms with Gasteiger partial charge in [0.2, 0.25) is 0 Å². The van der Waals surface area contributed by atoms with Gasteiger partial charge in [0.05, 0.1) is 0 Å². The Morgan fingerprint density at radius 3 is 2.19 bits per heavy atom. The second-order valence-corrected chi connectivity index (χ2v) is 7.48. The smallest absolute Gasteiger partial charge is 0.00731 e. The number of allylic oxidation sites excluding steroid dienone is 2. The number of rotatable bonds is 6. The van der Waals surface area contributed by atoms with Gasteiger partial charge in [0.15, 0.2) is 0 Å². The first-order chi connectivity index (χ1) is 10.2. The van der Waals surface area contributed by atoms with Crippen LogP contribution in [-0.2, 0) is 0 Å². The Morgan fingerprint density at radius 2 is 1.62 bits per heavy atom. The maximum Gasteiger partial charge on any atom is 0.00731 e. The molecule has 2 aliphatic carbocycles. The maximum atomic E-state index is 3.81. The number of hydrogen-bond acceptors (Lipinski definition) is 2. The van der Waals surface area contributed by atoms with Gasteiger partial charge < -0.3 is 10.6 Å². The lowest BCUT2D eigenvalue weighted by Crippen LogP contribution is -2.33. The normalized spacial score (nSPS) is 30.4. The van der Waals surface area contributed by atoms with Crippen molar-refractivity contribution < 1.29 is 0 Å². The standard InChI is InChI=1S/C19H36N2/c1-15(2)17-8-12-19(13-9-17)21-14-4-5-16-6-10-18(20-3)11-7-16/h16,18-21H,4-14H2,1-3H3/t16-,18-. The highest BCUT2D eigenvalue weighted by molar-refractivity contribution is 5.12. The largest absolute Gasteiger partial charge is 0.317 e. The van der Waals surface area contributed by atoms with Crippen LogP contribution in [0.4, 0.5) is 0 Å². The second-order valence-electron chi connectivity index (χ2n) is 7.48. The Balaban J connectivity index is 1.52. The van der Waals surface area contributed by atoms with Crippen molar-refractivity contribution in [1.82, 2.24) is 10.6 Å². The monoisotopic (exact) mass is 292 g/mol. The van der Waals surface area contributed by atoms with Crippen molar-refractivity contribution in [3.63, 3.8) is 0 Å². The van der Waals surface area contributed by atoms with Crippen LogP contribution in [0.15, 0.2) is 11.1 Å². The lowest BCUT2D eigenvalue weighted by Gasteiger charge is -2.29. The van der Waals surface area contributed by atoms with Gasteiger partial charge in [-0.05, 0) is 97.6 Å². The van der Waals surface area contributed by atoms with Gasteiger partial charge in [-0.3, -0.25) is 0 Å². The van der Waals surface area contributed by atoms with E-state index in [0.29, 0.717) is 0 Å². The maximum absolute atomic E-state index is 3.81. The molecule has 21 heavy (non-hydrogen) atoms. The lowest BCUT2D eigenvalue weighted by atomic mass is 9.83. The van der Waals surface area contributed by atoms with E-state index >= 15 is 0 Å². The Hall–Kier alpha value is -0.340. The highest BCUT2D eigenvalue weighted by atomic mass is 14.9. The molecule has 0 radical (unpaired) electrons. The van der Waals surface area contributed by atoms with Crippen LogP contribution in [0.1, 0.15) is 78.1 Å². The minimum absolute atomic E-state index is 0.785. The fourth-order valence-corrected chi connectivity index (χ4v) is 4.11. The molecule has 2 heteroatoms. The molecule has 0 bridgehead atoms. The summed E-state index contributed by atoms with van der Waals surface area (Å²) in [6, 6.07) is 1.58. The molecule has 0 aliphatic heterocycles. The predicted molar refractivity (Wildman–Crippen MR) is 92.7 cm³/mol. The topological polar surface area (TPSA) is 24.1 Å². The number of nitrogens with one attached hydrogen (secondary N) is 2. The minimum atomic E-state index is 0.785. The summed E-state index contributed by atoms with van der Waals surface area (Å²) < 4.78 is 0. The molecule has 0 heterocycles. The Labute approximate surface area is 132 Å². The van der Waals surface area contributed by atoms with E-state index in [2.05, 4.69) is 31.5 Å². The van der Waals surface area contributed by atoms with Gasteiger partial charge in [-0.25, -0.2) is 0 Å². The third-order valence-electron chi connectivity index (χ3n) is 5.77. The van der Waals surface area contributed by atoms with Crippen LogP contribution in [0.2, 0.25) is 0 Å². The number of hydrogen-bond donors (Lipinski definition) is 2. The summed E-state index contributed by atoms with van der Waals surface area (Å²) in [5, 5.41) is 7.24. The van der Waals surface area contributed by atoms with Gasteiger partial charge >= 0.3 is 0 Å². The van der Waals surface area contributed by atoms with E-state index in [1.165, 1.54) is 70.8 Å². The van der Waals surface area contributed by atoms with Crippen molar-refractivity contribution in [1.29, 1.82) is 0 Å². The highest BCUT2D eigenvalue weighted by Gasteiger charge is 2.20. The van der Waals surface area contributed by atoms with E-state index < -0.39 is 0 Å². The van der Waals surface area contributed by atoms with Crippen LogP contribution in [-0.4, -0.2) is 25.7 Å². The van der Waals surface area contributed by atoms with E-state index in [-0.39, 0.29) is 0 Å². The molecule has 0 aromatic heterocycles. The molecule has 0 unspecified atom stereocenters. The van der Waals surface area contributed by atoms with Gasteiger partial charge in [-0.1, -0.05) is 11.1 Å². The SMILES string of the molecule is CN[C@H]1CC[C@H](CCCNC2CCC(=C(C)C)CC2)CC1. The summed E-state index contributed by atoms with van der Waals surface area (Å²) in [5.41, 5.74) is 3.28. The lowest BCUT2D eigenvalue weighted by molar-refractivity contribution is 0.281. The van der Waals surface area contributed by atoms with Crippen LogP contribution < -0.4 is 10.6 Å². The molecule has 0 spiro atoms. The molecule has 2 N–H and O–H groups in total. The fraction of sp³-hybridized carbons (Fsp3) is 0.895. The summed E-state index contributed by atoms with van der Waals surface area (Å²) in [7, 11) is 2.11. The van der Waals surface area contributed by atoms with Crippen LogP contribution in [0.25, 0.3) is 0 Å². The fourth-order valence-electron chi connectivity index (χ4n) is 4.11. The van der Waals surface area contributed by atoms with E-state index in [1.54, 1.807) is 11.1 Å². The molecule has 2 fully saturated rings. The zero-order chi connectivity index (χ0) is 15.1. The van der Waals surface area contributed by atoms with Crippen LogP contribution in [0.3, 0.4) is 0 Å². The highest BCUT2D eigenvalue weighted by Crippen LogP contribution is 2.28. The Bertz CT molecular complexity index is 312. The summed E-state index contributed by atoms with van der Waals surface area (Å²) in [4.78, 5) is 0. The van der Waals surface area contributed by atoms with E-state index in [9.17, 15) is 0 Å². The molecule has 0 atom stereocenters. The van der Waals surface area contributed by atoms with Crippen LogP contribution >= 0.6 is 0 Å². The first-order valence-corrected chi connectivity index (χ1v) is 9.25. The van der Waals surface area contributed by atoms with Crippen LogP contribution in [0.5, 0.6) is 0 Å². The van der Waals surface area contributed by atoms with Crippen molar-refractivity contribution >= 4 is 0 Å². The van der Waals surface area contributed by atoms with Gasteiger partial charge in [-0.2, -0.15) is 0 Å². The molecule has 0 saturated heterocycles. The molecule has 0 aromatic carbocycles. The first-order valence-electron chi connectivity index (χ1n) is 9.25. The third kappa shape index (κ3) is 5.75. The average molecular weight is 293 g/mol. The molecular weight excluding hydrogens is 256 g/mol. The third-order valence-corrected chi connectivity index (χ3v) is 5.77. The molecule has 2 rings (SSSR count). The van der Waals surface area contributed by atoms with Crippen LogP contribution in [0, 0.1) is 5.92 Å². The zero-order valence-electron chi connectivity index (χ0n) is 14.5. The Kier molecular flexibility index (Phi) is 7.25. The molecule has 0 aromatic rings. The van der Waals surface area contributed by atoms with Gasteiger partial charge in [-0.15, -0.1) is 0 Å². The molecule has 0 amide bonds. The second kappa shape index (κ2) is 8.95. The van der Waals surface area contributed by atoms with Gasteiger partial charge in [0.25, 0.3) is 0 Å². The van der Waals surface area contributed by atoms with Crippen molar-refractivity contribution in [2.75, 3.05) is 13.6 Å². The molecular formula is C19H36N2. The summed E-state index contributed by atoms with van der Waals surface area (Å²) in [6.45, 7) is 5.78. The molecule has 2 nitrogen and oxygen atoms in total.